The van der Waals surface area contributed by atoms with Crippen molar-refractivity contribution in [1.82, 2.24) is 14.8 Å². The van der Waals surface area contributed by atoms with Crippen molar-refractivity contribution < 1.29 is 0 Å². The van der Waals surface area contributed by atoms with Crippen molar-refractivity contribution in [3.63, 3.8) is 0 Å². The molecule has 2 N–H and O–H groups in total. The lowest BCUT2D eigenvalue weighted by Crippen LogP contribution is -1.97. The number of anilines is 1. The standard InChI is InChI=1S/C9H8ClIN4/c1-15-9(12)13-8(14-15)6-4-5(10)2-3-7(6)11/h2-4H,1H3,(H2,12,13,14). The summed E-state index contributed by atoms with van der Waals surface area (Å²) >= 11 is 8.13. The van der Waals surface area contributed by atoms with E-state index in [2.05, 4.69) is 32.7 Å². The second-order valence-electron chi connectivity index (χ2n) is 3.04. The summed E-state index contributed by atoms with van der Waals surface area (Å²) in [6.07, 6.45) is 0. The molecule has 0 aliphatic carbocycles. The molecule has 4 nitrogen and oxygen atoms in total. The molecule has 0 spiro atoms. The Kier molecular flexibility index (Phi) is 2.83. The summed E-state index contributed by atoms with van der Waals surface area (Å²) in [7, 11) is 1.75. The number of nitrogens with two attached hydrogens (primary N) is 1. The molecular formula is C9H8ClIN4. The molecule has 1 heterocycles. The van der Waals surface area contributed by atoms with E-state index in [1.807, 2.05) is 18.2 Å². The van der Waals surface area contributed by atoms with Crippen molar-refractivity contribution in [1.29, 1.82) is 0 Å². The Balaban J connectivity index is 2.58. The van der Waals surface area contributed by atoms with E-state index < -0.39 is 0 Å². The van der Waals surface area contributed by atoms with Gasteiger partial charge in [-0.2, -0.15) is 4.98 Å². The van der Waals surface area contributed by atoms with E-state index in [0.717, 1.165) is 9.13 Å². The van der Waals surface area contributed by atoms with Crippen LogP contribution in [0.15, 0.2) is 18.2 Å². The Bertz CT molecular complexity index is 489. The number of halogens is 2. The van der Waals surface area contributed by atoms with Gasteiger partial charge in [0.2, 0.25) is 5.95 Å². The Morgan fingerprint density at radius 2 is 2.20 bits per heavy atom. The van der Waals surface area contributed by atoms with Gasteiger partial charge in [0.05, 0.1) is 0 Å². The van der Waals surface area contributed by atoms with Crippen LogP contribution >= 0.6 is 34.2 Å². The number of aromatic nitrogens is 3. The van der Waals surface area contributed by atoms with Gasteiger partial charge in [0.15, 0.2) is 5.82 Å². The number of hydrogen-bond acceptors (Lipinski definition) is 3. The minimum absolute atomic E-state index is 0.390. The largest absolute Gasteiger partial charge is 0.368 e. The summed E-state index contributed by atoms with van der Waals surface area (Å²) < 4.78 is 2.58. The van der Waals surface area contributed by atoms with Crippen LogP contribution in [0.3, 0.4) is 0 Å². The fourth-order valence-electron chi connectivity index (χ4n) is 1.18. The minimum atomic E-state index is 0.390. The first-order valence-corrected chi connectivity index (χ1v) is 5.65. The summed E-state index contributed by atoms with van der Waals surface area (Å²) in [5, 5.41) is 4.86. The predicted molar refractivity (Wildman–Crippen MR) is 68.6 cm³/mol. The summed E-state index contributed by atoms with van der Waals surface area (Å²) in [5.41, 5.74) is 6.52. The summed E-state index contributed by atoms with van der Waals surface area (Å²) in [5.74, 6) is 0.989. The van der Waals surface area contributed by atoms with E-state index in [0.29, 0.717) is 16.8 Å². The van der Waals surface area contributed by atoms with Crippen LogP contribution in [0.25, 0.3) is 11.4 Å². The van der Waals surface area contributed by atoms with Crippen molar-refractivity contribution in [2.45, 2.75) is 0 Å². The third kappa shape index (κ3) is 2.07. The Hall–Kier alpha value is -0.820. The zero-order valence-corrected chi connectivity index (χ0v) is 10.8. The van der Waals surface area contributed by atoms with E-state index >= 15 is 0 Å². The number of aryl methyl sites for hydroxylation is 1. The maximum absolute atomic E-state index is 5.92. The van der Waals surface area contributed by atoms with Gasteiger partial charge in [-0.05, 0) is 40.8 Å². The van der Waals surface area contributed by atoms with Gasteiger partial charge in [-0.3, -0.25) is 0 Å². The highest BCUT2D eigenvalue weighted by atomic mass is 127. The van der Waals surface area contributed by atoms with Gasteiger partial charge >= 0.3 is 0 Å². The molecule has 2 aromatic rings. The Morgan fingerprint density at radius 1 is 1.47 bits per heavy atom. The number of nitrogen functional groups attached to an aromatic ring is 1. The molecule has 1 aromatic carbocycles. The van der Waals surface area contributed by atoms with Gasteiger partial charge in [-0.15, -0.1) is 5.10 Å². The van der Waals surface area contributed by atoms with Crippen molar-refractivity contribution >= 4 is 40.1 Å². The van der Waals surface area contributed by atoms with E-state index in [-0.39, 0.29) is 0 Å². The zero-order chi connectivity index (χ0) is 11.0. The summed E-state index contributed by atoms with van der Waals surface area (Å²) in [6.45, 7) is 0. The average molecular weight is 335 g/mol. The number of benzene rings is 1. The van der Waals surface area contributed by atoms with Crippen molar-refractivity contribution in [3.05, 3.63) is 26.8 Å². The molecule has 0 unspecified atom stereocenters. The van der Waals surface area contributed by atoms with Crippen LogP contribution in [-0.4, -0.2) is 14.8 Å². The molecule has 2 rings (SSSR count). The number of nitrogens with zero attached hydrogens (tertiary/aromatic N) is 3. The summed E-state index contributed by atoms with van der Waals surface area (Å²) in [6, 6.07) is 5.59. The van der Waals surface area contributed by atoms with Gasteiger partial charge < -0.3 is 5.73 Å². The average Bonchev–Trinajstić information content (AvgIpc) is 2.51. The van der Waals surface area contributed by atoms with Gasteiger partial charge in [0.25, 0.3) is 0 Å². The molecule has 0 saturated heterocycles. The fourth-order valence-corrected chi connectivity index (χ4v) is 1.93. The van der Waals surface area contributed by atoms with Crippen LogP contribution in [0.4, 0.5) is 5.95 Å². The molecular weight excluding hydrogens is 326 g/mol. The molecule has 0 bridgehead atoms. The quantitative estimate of drug-likeness (QED) is 0.814. The highest BCUT2D eigenvalue weighted by Crippen LogP contribution is 2.26. The SMILES string of the molecule is Cn1nc(-c2cc(Cl)ccc2I)nc1N. The third-order valence-corrected chi connectivity index (χ3v) is 3.14. The molecule has 0 saturated carbocycles. The summed E-state index contributed by atoms with van der Waals surface area (Å²) in [4.78, 5) is 4.15. The Morgan fingerprint density at radius 3 is 2.80 bits per heavy atom. The van der Waals surface area contributed by atoms with E-state index in [9.17, 15) is 0 Å². The van der Waals surface area contributed by atoms with Crippen LogP contribution in [0, 0.1) is 3.57 Å². The molecule has 0 fully saturated rings. The molecule has 6 heteroatoms. The maximum atomic E-state index is 5.92. The molecule has 0 amide bonds. The highest BCUT2D eigenvalue weighted by molar-refractivity contribution is 14.1. The molecule has 15 heavy (non-hydrogen) atoms. The second-order valence-corrected chi connectivity index (χ2v) is 4.64. The lowest BCUT2D eigenvalue weighted by atomic mass is 10.2. The first-order chi connectivity index (χ1) is 7.08. The number of rotatable bonds is 1. The highest BCUT2D eigenvalue weighted by Gasteiger charge is 2.10. The second kappa shape index (κ2) is 3.97. The fraction of sp³-hybridized carbons (Fsp3) is 0.111. The van der Waals surface area contributed by atoms with Crippen LogP contribution in [0.5, 0.6) is 0 Å². The van der Waals surface area contributed by atoms with E-state index in [1.165, 1.54) is 4.68 Å². The van der Waals surface area contributed by atoms with Crippen LogP contribution in [0.1, 0.15) is 0 Å². The van der Waals surface area contributed by atoms with Gasteiger partial charge in [-0.1, -0.05) is 11.6 Å². The van der Waals surface area contributed by atoms with Gasteiger partial charge in [0.1, 0.15) is 0 Å². The predicted octanol–water partition coefficient (Wildman–Crippen LogP) is 2.32. The maximum Gasteiger partial charge on any atom is 0.218 e. The van der Waals surface area contributed by atoms with E-state index in [4.69, 9.17) is 17.3 Å². The van der Waals surface area contributed by atoms with Crippen LogP contribution in [0.2, 0.25) is 5.02 Å². The Labute approximate surface area is 106 Å². The van der Waals surface area contributed by atoms with Crippen molar-refractivity contribution in [2.24, 2.45) is 7.05 Å². The number of hydrogen-bond donors (Lipinski definition) is 1. The van der Waals surface area contributed by atoms with E-state index in [1.54, 1.807) is 7.05 Å². The normalized spacial score (nSPS) is 10.6. The third-order valence-electron chi connectivity index (χ3n) is 1.97. The zero-order valence-electron chi connectivity index (χ0n) is 7.91. The first kappa shape index (κ1) is 10.7. The van der Waals surface area contributed by atoms with Crippen LogP contribution in [-0.2, 0) is 7.05 Å². The molecule has 0 aliphatic rings. The topological polar surface area (TPSA) is 56.7 Å². The molecule has 78 valence electrons. The van der Waals surface area contributed by atoms with Crippen molar-refractivity contribution in [3.8, 4) is 11.4 Å². The van der Waals surface area contributed by atoms with Crippen LogP contribution < -0.4 is 5.73 Å². The lowest BCUT2D eigenvalue weighted by molar-refractivity contribution is 0.781. The molecule has 0 aliphatic heterocycles. The minimum Gasteiger partial charge on any atom is -0.368 e. The first-order valence-electron chi connectivity index (χ1n) is 4.20. The van der Waals surface area contributed by atoms with Gasteiger partial charge in [0, 0.05) is 21.2 Å². The molecule has 0 atom stereocenters. The smallest absolute Gasteiger partial charge is 0.218 e. The monoisotopic (exact) mass is 334 g/mol. The molecule has 1 aromatic heterocycles. The van der Waals surface area contributed by atoms with Crippen molar-refractivity contribution in [2.75, 3.05) is 5.73 Å². The van der Waals surface area contributed by atoms with Gasteiger partial charge in [-0.25, -0.2) is 4.68 Å². The lowest BCUT2D eigenvalue weighted by Gasteiger charge is -1.99. The molecule has 0 radical (unpaired) electrons.